The molecule has 0 aliphatic carbocycles. The predicted octanol–water partition coefficient (Wildman–Crippen LogP) is 2.08. The number of esters is 1. The number of hydrogen-bond donors (Lipinski definition) is 0. The Hall–Kier alpha value is -0.830. The van der Waals surface area contributed by atoms with Gasteiger partial charge in [-0.2, -0.15) is 0 Å². The molecule has 0 aliphatic heterocycles. The second kappa shape index (κ2) is 12.2. The lowest BCUT2D eigenvalue weighted by Crippen LogP contribution is -2.15. The smallest absolute Gasteiger partial charge is 0.330 e. The fourth-order valence-electron chi connectivity index (χ4n) is 0.485. The number of hydrogen-bond acceptors (Lipinski definition) is 3. The largest absolute Gasteiger partial charge is 0.463 e. The summed E-state index contributed by atoms with van der Waals surface area (Å²) in [7, 11) is 2.11. The summed E-state index contributed by atoms with van der Waals surface area (Å²) in [6.45, 7) is 12.3. The molecule has 0 bridgehead atoms. The van der Waals surface area contributed by atoms with E-state index in [2.05, 4.69) is 37.1 Å². The van der Waals surface area contributed by atoms with E-state index in [-0.39, 0.29) is 5.97 Å². The van der Waals surface area contributed by atoms with Crippen LogP contribution in [0.3, 0.4) is 0 Å². The number of nitrogens with zero attached hydrogens (tertiary/aromatic N) is 1. The lowest BCUT2D eigenvalue weighted by molar-refractivity contribution is -0.137. The first-order valence-corrected chi connectivity index (χ1v) is 5.09. The quantitative estimate of drug-likeness (QED) is 0.504. The van der Waals surface area contributed by atoms with Crippen molar-refractivity contribution in [3.8, 4) is 0 Å². The van der Waals surface area contributed by atoms with E-state index in [9.17, 15) is 4.79 Å². The van der Waals surface area contributed by atoms with Crippen LogP contribution in [0.4, 0.5) is 0 Å². The second-order valence-corrected chi connectivity index (χ2v) is 2.86. The van der Waals surface area contributed by atoms with Crippen LogP contribution in [0.2, 0.25) is 0 Å². The number of carbonyl (C=O) groups excluding carboxylic acids is 1. The maximum absolute atomic E-state index is 10.2. The van der Waals surface area contributed by atoms with Gasteiger partial charge in [-0.05, 0) is 26.6 Å². The molecule has 0 aliphatic rings. The number of rotatable bonds is 5. The average molecular weight is 201 g/mol. The molecule has 0 aromatic rings. The third-order valence-electron chi connectivity index (χ3n) is 1.69. The summed E-state index contributed by atoms with van der Waals surface area (Å²) >= 11 is 0. The van der Waals surface area contributed by atoms with Gasteiger partial charge in [0.25, 0.3) is 0 Å². The van der Waals surface area contributed by atoms with Gasteiger partial charge < -0.3 is 9.64 Å². The van der Waals surface area contributed by atoms with Crippen LogP contribution in [-0.4, -0.2) is 37.6 Å². The minimum atomic E-state index is -0.341. The van der Waals surface area contributed by atoms with Crippen LogP contribution < -0.4 is 0 Å². The second-order valence-electron chi connectivity index (χ2n) is 2.86. The van der Waals surface area contributed by atoms with E-state index in [0.717, 1.165) is 25.6 Å². The Bertz CT molecular complexity index is 142. The molecule has 3 nitrogen and oxygen atoms in total. The van der Waals surface area contributed by atoms with Crippen LogP contribution in [0, 0.1) is 0 Å². The van der Waals surface area contributed by atoms with Crippen molar-refractivity contribution in [2.45, 2.75) is 27.2 Å². The number of carbonyl (C=O) groups is 1. The molecule has 0 spiro atoms. The van der Waals surface area contributed by atoms with Crippen molar-refractivity contribution < 1.29 is 9.53 Å². The van der Waals surface area contributed by atoms with Crippen LogP contribution in [0.5, 0.6) is 0 Å². The van der Waals surface area contributed by atoms with Crippen molar-refractivity contribution in [1.29, 1.82) is 0 Å². The lowest BCUT2D eigenvalue weighted by Gasteiger charge is -2.07. The summed E-state index contributed by atoms with van der Waals surface area (Å²) < 4.78 is 4.58. The standard InChI is InChI=1S/C6H10O2.C5H13N/c1-3-5-8-6(7)4-2;1-4-6(3)5-2/h4H,2-3,5H2,1H3;4-5H2,1-3H3. The van der Waals surface area contributed by atoms with Crippen LogP contribution in [0.25, 0.3) is 0 Å². The highest BCUT2D eigenvalue weighted by atomic mass is 16.5. The summed E-state index contributed by atoms with van der Waals surface area (Å²) in [5.74, 6) is -0.341. The van der Waals surface area contributed by atoms with Gasteiger partial charge in [0.05, 0.1) is 6.61 Å². The van der Waals surface area contributed by atoms with Gasteiger partial charge in [0.2, 0.25) is 0 Å². The van der Waals surface area contributed by atoms with Crippen LogP contribution >= 0.6 is 0 Å². The molecule has 0 radical (unpaired) electrons. The van der Waals surface area contributed by atoms with Gasteiger partial charge in [0, 0.05) is 6.08 Å². The summed E-state index contributed by atoms with van der Waals surface area (Å²) in [5, 5.41) is 0. The van der Waals surface area contributed by atoms with Crippen molar-refractivity contribution in [3.05, 3.63) is 12.7 Å². The molecule has 0 aromatic heterocycles. The molecule has 0 N–H and O–H groups in total. The topological polar surface area (TPSA) is 29.5 Å². The molecule has 0 heterocycles. The molecule has 14 heavy (non-hydrogen) atoms. The third-order valence-corrected chi connectivity index (χ3v) is 1.69. The highest BCUT2D eigenvalue weighted by Gasteiger charge is 1.89. The highest BCUT2D eigenvalue weighted by molar-refractivity contribution is 5.81. The molecular weight excluding hydrogens is 178 g/mol. The van der Waals surface area contributed by atoms with E-state index in [4.69, 9.17) is 0 Å². The fourth-order valence-corrected chi connectivity index (χ4v) is 0.485. The molecule has 0 aromatic carbocycles. The van der Waals surface area contributed by atoms with Gasteiger partial charge in [-0.25, -0.2) is 4.79 Å². The minimum Gasteiger partial charge on any atom is -0.463 e. The van der Waals surface area contributed by atoms with Crippen molar-refractivity contribution in [3.63, 3.8) is 0 Å². The lowest BCUT2D eigenvalue weighted by atomic mass is 10.5. The number of ether oxygens (including phenoxy) is 1. The van der Waals surface area contributed by atoms with E-state index in [0.29, 0.717) is 6.61 Å². The SMILES string of the molecule is C=CC(=O)OCCC.CCN(C)CC. The van der Waals surface area contributed by atoms with Gasteiger partial charge >= 0.3 is 5.97 Å². The van der Waals surface area contributed by atoms with Gasteiger partial charge in [-0.3, -0.25) is 0 Å². The predicted molar refractivity (Wildman–Crippen MR) is 60.3 cm³/mol. The molecule has 0 atom stereocenters. The van der Waals surface area contributed by atoms with Gasteiger partial charge in [-0.15, -0.1) is 0 Å². The average Bonchev–Trinajstić information content (AvgIpc) is 2.25. The van der Waals surface area contributed by atoms with Crippen molar-refractivity contribution >= 4 is 5.97 Å². The molecule has 0 saturated heterocycles. The normalized spacial score (nSPS) is 8.93. The first kappa shape index (κ1) is 15.6. The highest BCUT2D eigenvalue weighted by Crippen LogP contribution is 1.81. The van der Waals surface area contributed by atoms with Crippen molar-refractivity contribution in [1.82, 2.24) is 4.90 Å². The van der Waals surface area contributed by atoms with Crippen molar-refractivity contribution in [2.24, 2.45) is 0 Å². The summed E-state index contributed by atoms with van der Waals surface area (Å²) in [6, 6.07) is 0. The maximum atomic E-state index is 10.2. The van der Waals surface area contributed by atoms with Crippen LogP contribution in [0.15, 0.2) is 12.7 Å². The molecule has 84 valence electrons. The summed E-state index contributed by atoms with van der Waals surface area (Å²) in [4.78, 5) is 12.5. The van der Waals surface area contributed by atoms with Gasteiger partial charge in [0.15, 0.2) is 0 Å². The zero-order valence-electron chi connectivity index (χ0n) is 9.88. The molecule has 0 rings (SSSR count). The molecule has 3 heteroatoms. The Labute approximate surface area is 87.7 Å². The van der Waals surface area contributed by atoms with E-state index < -0.39 is 0 Å². The van der Waals surface area contributed by atoms with E-state index in [1.165, 1.54) is 0 Å². The molecule has 0 saturated carbocycles. The first-order chi connectivity index (χ1) is 6.62. The Morgan fingerprint density at radius 2 is 1.86 bits per heavy atom. The summed E-state index contributed by atoms with van der Waals surface area (Å²) in [6.07, 6.45) is 2.02. The molecule has 0 amide bonds. The Morgan fingerprint density at radius 1 is 1.36 bits per heavy atom. The third kappa shape index (κ3) is 13.7. The van der Waals surface area contributed by atoms with Crippen molar-refractivity contribution in [2.75, 3.05) is 26.7 Å². The van der Waals surface area contributed by atoms with E-state index in [1.807, 2.05) is 6.92 Å². The maximum Gasteiger partial charge on any atom is 0.330 e. The van der Waals surface area contributed by atoms with E-state index >= 15 is 0 Å². The van der Waals surface area contributed by atoms with Gasteiger partial charge in [0.1, 0.15) is 0 Å². The Morgan fingerprint density at radius 3 is 2.07 bits per heavy atom. The Balaban J connectivity index is 0. The first-order valence-electron chi connectivity index (χ1n) is 5.09. The Kier molecular flexibility index (Phi) is 13.6. The minimum absolute atomic E-state index is 0.341. The van der Waals surface area contributed by atoms with Gasteiger partial charge in [-0.1, -0.05) is 27.4 Å². The monoisotopic (exact) mass is 201 g/mol. The zero-order valence-corrected chi connectivity index (χ0v) is 9.88. The summed E-state index contributed by atoms with van der Waals surface area (Å²) in [5.41, 5.74) is 0. The van der Waals surface area contributed by atoms with E-state index in [1.54, 1.807) is 0 Å². The molecule has 0 fully saturated rings. The zero-order chi connectivity index (χ0) is 11.4. The van der Waals surface area contributed by atoms with Crippen LogP contribution in [0.1, 0.15) is 27.2 Å². The molecular formula is C11H23NO2. The molecule has 0 unspecified atom stereocenters. The van der Waals surface area contributed by atoms with Crippen LogP contribution in [-0.2, 0) is 9.53 Å². The fraction of sp³-hybridized carbons (Fsp3) is 0.727.